The van der Waals surface area contributed by atoms with Crippen molar-refractivity contribution in [2.45, 2.75) is 38.3 Å². The average Bonchev–Trinajstić information content (AvgIpc) is 3.14. The fraction of sp³-hybridized carbons (Fsp3) is 1.00. The molecule has 0 bridgehead atoms. The quantitative estimate of drug-likeness (QED) is 0.621. The predicted octanol–water partition coefficient (Wildman–Crippen LogP) is 0.127. The molecule has 1 aliphatic carbocycles. The van der Waals surface area contributed by atoms with E-state index in [1.54, 1.807) is 0 Å². The highest BCUT2D eigenvalue weighted by Gasteiger charge is 2.31. The first-order valence-electron chi connectivity index (χ1n) is 7.14. The lowest BCUT2D eigenvalue weighted by molar-refractivity contribution is 0.0701. The number of aliphatic hydroxyl groups excluding tert-OH is 1. The van der Waals surface area contributed by atoms with E-state index >= 15 is 0 Å². The van der Waals surface area contributed by atoms with Gasteiger partial charge in [0.05, 0.1) is 6.10 Å². The zero-order valence-electron chi connectivity index (χ0n) is 11.1. The van der Waals surface area contributed by atoms with Gasteiger partial charge in [-0.1, -0.05) is 6.92 Å². The van der Waals surface area contributed by atoms with Crippen LogP contribution in [0.4, 0.5) is 0 Å². The highest BCUT2D eigenvalue weighted by atomic mass is 16.3. The molecule has 0 aromatic heterocycles. The molecule has 2 N–H and O–H groups in total. The number of piperazine rings is 1. The highest BCUT2D eigenvalue weighted by Crippen LogP contribution is 2.27. The summed E-state index contributed by atoms with van der Waals surface area (Å²) >= 11 is 0. The number of β-amino-alcohol motifs (C(OH)–C–C–N with tert-alkyl or cyclic N) is 1. The lowest BCUT2D eigenvalue weighted by Gasteiger charge is -2.35. The Hall–Kier alpha value is -0.160. The number of nitrogens with one attached hydrogen (secondary N) is 1. The van der Waals surface area contributed by atoms with E-state index in [2.05, 4.69) is 22.0 Å². The smallest absolute Gasteiger partial charge is 0.0791 e. The van der Waals surface area contributed by atoms with Gasteiger partial charge in [-0.2, -0.15) is 0 Å². The van der Waals surface area contributed by atoms with Gasteiger partial charge in [0, 0.05) is 45.3 Å². The minimum Gasteiger partial charge on any atom is -0.390 e. The molecule has 1 unspecified atom stereocenters. The Kier molecular flexibility index (Phi) is 5.22. The van der Waals surface area contributed by atoms with Gasteiger partial charge in [-0.3, -0.25) is 9.80 Å². The van der Waals surface area contributed by atoms with Gasteiger partial charge in [-0.15, -0.1) is 0 Å². The number of rotatable bonds is 7. The number of aliphatic hydroxyl groups is 1. The van der Waals surface area contributed by atoms with Crippen LogP contribution in [-0.2, 0) is 0 Å². The van der Waals surface area contributed by atoms with Crippen molar-refractivity contribution in [3.63, 3.8) is 0 Å². The molecule has 4 heteroatoms. The van der Waals surface area contributed by atoms with Crippen LogP contribution in [0.25, 0.3) is 0 Å². The first-order valence-corrected chi connectivity index (χ1v) is 7.14. The van der Waals surface area contributed by atoms with Crippen molar-refractivity contribution >= 4 is 0 Å². The van der Waals surface area contributed by atoms with Crippen molar-refractivity contribution in [2.75, 3.05) is 45.8 Å². The van der Waals surface area contributed by atoms with Crippen LogP contribution >= 0.6 is 0 Å². The Bertz CT molecular complexity index is 213. The van der Waals surface area contributed by atoms with E-state index in [1.165, 1.54) is 25.9 Å². The Morgan fingerprint density at radius 2 is 1.94 bits per heavy atom. The van der Waals surface area contributed by atoms with Gasteiger partial charge in [0.25, 0.3) is 0 Å². The molecule has 1 heterocycles. The van der Waals surface area contributed by atoms with Gasteiger partial charge in [-0.05, 0) is 25.8 Å². The van der Waals surface area contributed by atoms with Crippen molar-refractivity contribution in [1.29, 1.82) is 0 Å². The average molecular weight is 241 g/mol. The topological polar surface area (TPSA) is 38.7 Å². The molecular formula is C13H27N3O. The maximum absolute atomic E-state index is 9.90. The van der Waals surface area contributed by atoms with Gasteiger partial charge in [0.15, 0.2) is 0 Å². The zero-order chi connectivity index (χ0) is 12.1. The van der Waals surface area contributed by atoms with Crippen LogP contribution in [0, 0.1) is 0 Å². The fourth-order valence-corrected chi connectivity index (χ4v) is 2.56. The molecular weight excluding hydrogens is 214 g/mol. The van der Waals surface area contributed by atoms with Crippen molar-refractivity contribution in [2.24, 2.45) is 0 Å². The van der Waals surface area contributed by atoms with Crippen LogP contribution in [0.3, 0.4) is 0 Å². The molecule has 2 aliphatic rings. The molecule has 4 nitrogen and oxygen atoms in total. The summed E-state index contributed by atoms with van der Waals surface area (Å²) < 4.78 is 0. The summed E-state index contributed by atoms with van der Waals surface area (Å²) in [5, 5.41) is 13.2. The number of hydrogen-bond acceptors (Lipinski definition) is 4. The summed E-state index contributed by atoms with van der Waals surface area (Å²) in [7, 11) is 0. The van der Waals surface area contributed by atoms with Gasteiger partial charge in [0.2, 0.25) is 0 Å². The number of hydrogen-bond donors (Lipinski definition) is 2. The summed E-state index contributed by atoms with van der Waals surface area (Å²) in [6, 6.07) is 0.897. The third kappa shape index (κ3) is 4.54. The first-order chi connectivity index (χ1) is 8.29. The highest BCUT2D eigenvalue weighted by molar-refractivity contribution is 4.87. The van der Waals surface area contributed by atoms with E-state index in [0.29, 0.717) is 0 Å². The van der Waals surface area contributed by atoms with Crippen LogP contribution < -0.4 is 5.32 Å². The molecule has 1 saturated carbocycles. The maximum atomic E-state index is 9.90. The van der Waals surface area contributed by atoms with Crippen molar-refractivity contribution in [1.82, 2.24) is 15.1 Å². The second-order valence-corrected chi connectivity index (χ2v) is 5.43. The third-order valence-electron chi connectivity index (χ3n) is 3.75. The van der Waals surface area contributed by atoms with Crippen LogP contribution in [0.15, 0.2) is 0 Å². The second kappa shape index (κ2) is 6.69. The number of nitrogens with zero attached hydrogens (tertiary/aromatic N) is 2. The lowest BCUT2D eigenvalue weighted by Crippen LogP contribution is -2.50. The molecule has 17 heavy (non-hydrogen) atoms. The van der Waals surface area contributed by atoms with Crippen molar-refractivity contribution in [3.8, 4) is 0 Å². The SMILES string of the molecule is CCCNCC(O)CN1CCN(C2CC2)CC1. The Labute approximate surface area is 105 Å². The van der Waals surface area contributed by atoms with E-state index < -0.39 is 0 Å². The van der Waals surface area contributed by atoms with Gasteiger partial charge in [0.1, 0.15) is 0 Å². The zero-order valence-corrected chi connectivity index (χ0v) is 11.1. The minimum atomic E-state index is -0.214. The van der Waals surface area contributed by atoms with Gasteiger partial charge in [-0.25, -0.2) is 0 Å². The Morgan fingerprint density at radius 1 is 1.24 bits per heavy atom. The molecule has 1 atom stereocenters. The van der Waals surface area contributed by atoms with Crippen molar-refractivity contribution < 1.29 is 5.11 Å². The van der Waals surface area contributed by atoms with Crippen LogP contribution in [0.2, 0.25) is 0 Å². The van der Waals surface area contributed by atoms with E-state index in [9.17, 15) is 5.11 Å². The maximum Gasteiger partial charge on any atom is 0.0791 e. The summed E-state index contributed by atoms with van der Waals surface area (Å²) in [5.41, 5.74) is 0. The van der Waals surface area contributed by atoms with Gasteiger partial charge < -0.3 is 10.4 Å². The summed E-state index contributed by atoms with van der Waals surface area (Å²) in [5.74, 6) is 0. The third-order valence-corrected chi connectivity index (χ3v) is 3.75. The van der Waals surface area contributed by atoms with E-state index in [-0.39, 0.29) is 6.10 Å². The Balaban J connectivity index is 1.56. The summed E-state index contributed by atoms with van der Waals surface area (Å²) in [4.78, 5) is 5.01. The molecule has 0 amide bonds. The molecule has 1 saturated heterocycles. The van der Waals surface area contributed by atoms with E-state index in [0.717, 1.165) is 45.2 Å². The normalized spacial score (nSPS) is 25.1. The van der Waals surface area contributed by atoms with Crippen LogP contribution in [0.5, 0.6) is 0 Å². The molecule has 0 spiro atoms. The second-order valence-electron chi connectivity index (χ2n) is 5.43. The van der Waals surface area contributed by atoms with E-state index in [4.69, 9.17) is 0 Å². The van der Waals surface area contributed by atoms with E-state index in [1.807, 2.05) is 0 Å². The fourth-order valence-electron chi connectivity index (χ4n) is 2.56. The van der Waals surface area contributed by atoms with Crippen LogP contribution in [-0.4, -0.2) is 72.9 Å². The molecule has 0 aromatic carbocycles. The van der Waals surface area contributed by atoms with Crippen molar-refractivity contribution in [3.05, 3.63) is 0 Å². The Morgan fingerprint density at radius 3 is 2.53 bits per heavy atom. The molecule has 2 rings (SSSR count). The standard InChI is InChI=1S/C13H27N3O/c1-2-5-14-10-13(17)11-15-6-8-16(9-7-15)12-3-4-12/h12-14,17H,2-11H2,1H3. The summed E-state index contributed by atoms with van der Waals surface area (Å²) in [6.07, 6.45) is 3.73. The molecule has 0 radical (unpaired) electrons. The molecule has 1 aliphatic heterocycles. The molecule has 100 valence electrons. The first kappa shape index (κ1) is 13.3. The minimum absolute atomic E-state index is 0.214. The lowest BCUT2D eigenvalue weighted by atomic mass is 10.2. The van der Waals surface area contributed by atoms with Gasteiger partial charge >= 0.3 is 0 Å². The summed E-state index contributed by atoms with van der Waals surface area (Å²) in [6.45, 7) is 9.36. The van der Waals surface area contributed by atoms with Crippen LogP contribution in [0.1, 0.15) is 26.2 Å². The monoisotopic (exact) mass is 241 g/mol. The molecule has 2 fully saturated rings. The largest absolute Gasteiger partial charge is 0.390 e. The molecule has 0 aromatic rings. The predicted molar refractivity (Wildman–Crippen MR) is 70.2 cm³/mol.